The summed E-state index contributed by atoms with van der Waals surface area (Å²) in [6.07, 6.45) is 0.0276. The molecule has 1 atom stereocenters. The second kappa shape index (κ2) is 4.97. The van der Waals surface area contributed by atoms with Crippen LogP contribution in [0.15, 0.2) is 22.7 Å². The molecule has 1 N–H and O–H groups in total. The highest BCUT2D eigenvalue weighted by molar-refractivity contribution is 9.10. The molecule has 1 aromatic rings. The fourth-order valence-electron chi connectivity index (χ4n) is 2.01. The Labute approximate surface area is 112 Å². The lowest BCUT2D eigenvalue weighted by atomic mass is 10.1. The van der Waals surface area contributed by atoms with Crippen LogP contribution in [0.25, 0.3) is 0 Å². The Hall–Kier alpha value is -1.56. The molecule has 1 unspecified atom stereocenters. The van der Waals surface area contributed by atoms with Crippen molar-refractivity contribution in [1.82, 2.24) is 0 Å². The van der Waals surface area contributed by atoms with Gasteiger partial charge in [0.2, 0.25) is 5.91 Å². The molecule has 1 aliphatic rings. The molecule has 96 valence electrons. The van der Waals surface area contributed by atoms with E-state index in [9.17, 15) is 9.59 Å². The molecule has 6 heteroatoms. The Morgan fingerprint density at radius 1 is 1.56 bits per heavy atom. The van der Waals surface area contributed by atoms with Gasteiger partial charge < -0.3 is 14.7 Å². The number of hydrogen-bond acceptors (Lipinski definition) is 3. The van der Waals surface area contributed by atoms with E-state index in [-0.39, 0.29) is 18.9 Å². The maximum absolute atomic E-state index is 11.9. The molecule has 0 radical (unpaired) electrons. The van der Waals surface area contributed by atoms with Crippen molar-refractivity contribution in [3.8, 4) is 5.75 Å². The predicted molar refractivity (Wildman–Crippen MR) is 68.8 cm³/mol. The summed E-state index contributed by atoms with van der Waals surface area (Å²) in [5.41, 5.74) is 0.591. The van der Waals surface area contributed by atoms with Gasteiger partial charge in [-0.15, -0.1) is 0 Å². The summed E-state index contributed by atoms with van der Waals surface area (Å²) in [4.78, 5) is 24.3. The van der Waals surface area contributed by atoms with E-state index in [1.807, 2.05) is 0 Å². The minimum atomic E-state index is -0.947. The maximum Gasteiger partial charge on any atom is 0.308 e. The largest absolute Gasteiger partial charge is 0.495 e. The van der Waals surface area contributed by atoms with Crippen LogP contribution in [0.3, 0.4) is 0 Å². The number of para-hydroxylation sites is 1. The first kappa shape index (κ1) is 12.9. The van der Waals surface area contributed by atoms with Crippen LogP contribution in [-0.4, -0.2) is 30.6 Å². The van der Waals surface area contributed by atoms with Gasteiger partial charge in [-0.3, -0.25) is 9.59 Å². The fourth-order valence-corrected chi connectivity index (χ4v) is 2.57. The molecule has 1 aliphatic heterocycles. The highest BCUT2D eigenvalue weighted by Gasteiger charge is 2.37. The first-order valence-electron chi connectivity index (χ1n) is 5.40. The van der Waals surface area contributed by atoms with Gasteiger partial charge in [-0.25, -0.2) is 0 Å². The number of carbonyl (C=O) groups excluding carboxylic acids is 1. The zero-order valence-electron chi connectivity index (χ0n) is 9.72. The number of nitrogens with zero attached hydrogens (tertiary/aromatic N) is 1. The highest BCUT2D eigenvalue weighted by Crippen LogP contribution is 2.38. The van der Waals surface area contributed by atoms with Gasteiger partial charge in [-0.2, -0.15) is 0 Å². The molecule has 0 aromatic heterocycles. The predicted octanol–water partition coefficient (Wildman–Crippen LogP) is 1.90. The molecule has 0 aliphatic carbocycles. The average Bonchev–Trinajstić information content (AvgIpc) is 2.71. The molecule has 2 rings (SSSR count). The van der Waals surface area contributed by atoms with Gasteiger partial charge in [0, 0.05) is 17.4 Å². The van der Waals surface area contributed by atoms with Crippen molar-refractivity contribution in [3.63, 3.8) is 0 Å². The van der Waals surface area contributed by atoms with Crippen molar-refractivity contribution in [2.45, 2.75) is 6.42 Å². The number of carboxylic acid groups (broad SMARTS) is 1. The third-order valence-corrected chi connectivity index (χ3v) is 3.55. The number of hydrogen-bond donors (Lipinski definition) is 1. The summed E-state index contributed by atoms with van der Waals surface area (Å²) >= 11 is 3.36. The first-order chi connectivity index (χ1) is 8.54. The van der Waals surface area contributed by atoms with E-state index in [1.165, 1.54) is 12.0 Å². The van der Waals surface area contributed by atoms with Gasteiger partial charge >= 0.3 is 5.97 Å². The lowest BCUT2D eigenvalue weighted by molar-refractivity contribution is -0.141. The molecule has 18 heavy (non-hydrogen) atoms. The van der Waals surface area contributed by atoms with Gasteiger partial charge in [-0.1, -0.05) is 6.07 Å². The minimum absolute atomic E-state index is 0.0276. The summed E-state index contributed by atoms with van der Waals surface area (Å²) in [5.74, 6) is -1.26. The van der Waals surface area contributed by atoms with Crippen molar-refractivity contribution in [2.75, 3.05) is 18.6 Å². The molecule has 5 nitrogen and oxygen atoms in total. The summed E-state index contributed by atoms with van der Waals surface area (Å²) < 4.78 is 5.92. The number of aliphatic carboxylic acids is 1. The quantitative estimate of drug-likeness (QED) is 0.925. The number of methoxy groups -OCH3 is 1. The number of carboxylic acids is 1. The lowest BCUT2D eigenvalue weighted by Crippen LogP contribution is -2.26. The molecule has 0 spiro atoms. The number of carbonyl (C=O) groups is 2. The minimum Gasteiger partial charge on any atom is -0.495 e. The van der Waals surface area contributed by atoms with Crippen molar-refractivity contribution >= 4 is 33.5 Å². The first-order valence-corrected chi connectivity index (χ1v) is 6.19. The van der Waals surface area contributed by atoms with E-state index >= 15 is 0 Å². The Morgan fingerprint density at radius 2 is 2.28 bits per heavy atom. The molecule has 0 saturated carbocycles. The number of rotatable bonds is 3. The van der Waals surface area contributed by atoms with E-state index in [0.717, 1.165) is 0 Å². The standard InChI is InChI=1S/C12H12BrNO4/c1-18-9-4-2-3-8(13)11(9)14-6-7(12(16)17)5-10(14)15/h2-4,7H,5-6H2,1H3,(H,16,17). The van der Waals surface area contributed by atoms with Gasteiger partial charge in [0.15, 0.2) is 0 Å². The normalized spacial score (nSPS) is 19.1. The van der Waals surface area contributed by atoms with Crippen LogP contribution >= 0.6 is 15.9 Å². The van der Waals surface area contributed by atoms with Gasteiger partial charge in [-0.05, 0) is 28.1 Å². The summed E-state index contributed by atoms with van der Waals surface area (Å²) in [6.45, 7) is 0.174. The molecular weight excluding hydrogens is 302 g/mol. The number of anilines is 1. The summed E-state index contributed by atoms with van der Waals surface area (Å²) in [6, 6.07) is 5.32. The van der Waals surface area contributed by atoms with Gasteiger partial charge in [0.1, 0.15) is 11.4 Å². The van der Waals surface area contributed by atoms with E-state index in [2.05, 4.69) is 15.9 Å². The van der Waals surface area contributed by atoms with E-state index < -0.39 is 11.9 Å². The maximum atomic E-state index is 11.9. The van der Waals surface area contributed by atoms with Crippen molar-refractivity contribution in [3.05, 3.63) is 22.7 Å². The van der Waals surface area contributed by atoms with Crippen LogP contribution in [0.5, 0.6) is 5.75 Å². The van der Waals surface area contributed by atoms with Crippen molar-refractivity contribution < 1.29 is 19.4 Å². The van der Waals surface area contributed by atoms with E-state index in [4.69, 9.17) is 9.84 Å². The molecule has 1 heterocycles. The number of benzene rings is 1. The second-order valence-electron chi connectivity index (χ2n) is 4.03. The van der Waals surface area contributed by atoms with E-state index in [0.29, 0.717) is 15.9 Å². The van der Waals surface area contributed by atoms with Crippen molar-refractivity contribution in [1.29, 1.82) is 0 Å². The van der Waals surface area contributed by atoms with Crippen LogP contribution in [0.2, 0.25) is 0 Å². The smallest absolute Gasteiger partial charge is 0.308 e. The number of amides is 1. The summed E-state index contributed by atoms with van der Waals surface area (Å²) in [7, 11) is 1.51. The molecular formula is C12H12BrNO4. The van der Waals surface area contributed by atoms with Crippen LogP contribution < -0.4 is 9.64 Å². The molecule has 1 amide bonds. The van der Waals surface area contributed by atoms with E-state index in [1.54, 1.807) is 18.2 Å². The number of ether oxygens (including phenoxy) is 1. The second-order valence-corrected chi connectivity index (χ2v) is 4.89. The molecule has 1 saturated heterocycles. The van der Waals surface area contributed by atoms with Crippen LogP contribution in [-0.2, 0) is 9.59 Å². The Balaban J connectivity index is 2.38. The third kappa shape index (κ3) is 2.20. The van der Waals surface area contributed by atoms with Crippen LogP contribution in [0.4, 0.5) is 5.69 Å². The summed E-state index contributed by atoms with van der Waals surface area (Å²) in [5, 5.41) is 8.97. The number of halogens is 1. The lowest BCUT2D eigenvalue weighted by Gasteiger charge is -2.20. The fraction of sp³-hybridized carbons (Fsp3) is 0.333. The van der Waals surface area contributed by atoms with Crippen LogP contribution in [0, 0.1) is 5.92 Å². The Bertz CT molecular complexity index is 503. The Kier molecular flexibility index (Phi) is 3.56. The zero-order valence-corrected chi connectivity index (χ0v) is 11.3. The topological polar surface area (TPSA) is 66.8 Å². The monoisotopic (exact) mass is 313 g/mol. The van der Waals surface area contributed by atoms with Crippen LogP contribution in [0.1, 0.15) is 6.42 Å². The third-order valence-electron chi connectivity index (χ3n) is 2.91. The van der Waals surface area contributed by atoms with Gasteiger partial charge in [0.25, 0.3) is 0 Å². The van der Waals surface area contributed by atoms with Gasteiger partial charge in [0.05, 0.1) is 13.0 Å². The van der Waals surface area contributed by atoms with Crippen molar-refractivity contribution in [2.24, 2.45) is 5.92 Å². The highest BCUT2D eigenvalue weighted by atomic mass is 79.9. The Morgan fingerprint density at radius 3 is 2.83 bits per heavy atom. The zero-order chi connectivity index (χ0) is 13.3. The molecule has 1 aromatic carbocycles. The SMILES string of the molecule is COc1cccc(Br)c1N1CC(C(=O)O)CC1=O. The molecule has 1 fully saturated rings. The average molecular weight is 314 g/mol. The molecule has 0 bridgehead atoms.